The number of amidine groups is 1. The fraction of sp³-hybridized carbons (Fsp3) is 0.348. The predicted octanol–water partition coefficient (Wildman–Crippen LogP) is 3.76. The molecule has 0 aliphatic carbocycles. The van der Waals surface area contributed by atoms with Gasteiger partial charge < -0.3 is 23.8 Å². The highest BCUT2D eigenvalue weighted by molar-refractivity contribution is 6.30. The van der Waals surface area contributed by atoms with Gasteiger partial charge in [0.25, 0.3) is 0 Å². The lowest BCUT2D eigenvalue weighted by atomic mass is 9.99. The molecule has 3 atom stereocenters. The van der Waals surface area contributed by atoms with E-state index < -0.39 is 0 Å². The zero-order valence-electron chi connectivity index (χ0n) is 18.1. The van der Waals surface area contributed by atoms with Crippen LogP contribution in [0.15, 0.2) is 54.1 Å². The Kier molecular flexibility index (Phi) is 5.48. The molecule has 1 fully saturated rings. The van der Waals surface area contributed by atoms with Crippen molar-refractivity contribution in [2.45, 2.75) is 31.6 Å². The number of hydrogen-bond acceptors (Lipinski definition) is 7. The number of oxime groups is 1. The van der Waals surface area contributed by atoms with E-state index in [9.17, 15) is 0 Å². The molecule has 2 aliphatic heterocycles. The number of benzene rings is 1. The van der Waals surface area contributed by atoms with E-state index in [1.807, 2.05) is 54.1 Å². The SMILES string of the molecule is COc1nc(C2=NOC(c3ccc(Cl)cc3)[C@@H]3C[C@@H](OC)CN23)ccc1-n1cnc(C)c1. The number of halogens is 1. The summed E-state index contributed by atoms with van der Waals surface area (Å²) < 4.78 is 13.2. The van der Waals surface area contributed by atoms with Gasteiger partial charge in [-0.25, -0.2) is 9.97 Å². The molecule has 2 aromatic heterocycles. The van der Waals surface area contributed by atoms with Crippen molar-refractivity contribution < 1.29 is 14.3 Å². The van der Waals surface area contributed by atoms with Crippen molar-refractivity contribution in [1.29, 1.82) is 0 Å². The van der Waals surface area contributed by atoms with Gasteiger partial charge in [0.05, 0.1) is 31.3 Å². The van der Waals surface area contributed by atoms with Crippen LogP contribution in [-0.2, 0) is 9.57 Å². The molecule has 1 saturated heterocycles. The molecule has 8 nitrogen and oxygen atoms in total. The summed E-state index contributed by atoms with van der Waals surface area (Å²) in [6.45, 7) is 2.65. The molecule has 2 aliphatic rings. The van der Waals surface area contributed by atoms with Crippen LogP contribution in [0.4, 0.5) is 0 Å². The Hall–Kier alpha value is -3.10. The zero-order valence-corrected chi connectivity index (χ0v) is 18.9. The summed E-state index contributed by atoms with van der Waals surface area (Å²) in [4.78, 5) is 17.3. The molecule has 0 N–H and O–H groups in total. The minimum absolute atomic E-state index is 0.0670. The van der Waals surface area contributed by atoms with Crippen LogP contribution in [0.3, 0.4) is 0 Å². The number of aryl methyl sites for hydroxylation is 1. The number of methoxy groups -OCH3 is 2. The molecule has 0 radical (unpaired) electrons. The second-order valence-corrected chi connectivity index (χ2v) is 8.39. The number of fused-ring (bicyclic) bond motifs is 1. The lowest BCUT2D eigenvalue weighted by molar-refractivity contribution is -0.00811. The van der Waals surface area contributed by atoms with Crippen molar-refractivity contribution in [2.75, 3.05) is 20.8 Å². The van der Waals surface area contributed by atoms with Gasteiger partial charge in [0, 0.05) is 24.9 Å². The summed E-state index contributed by atoms with van der Waals surface area (Å²) >= 11 is 6.07. The summed E-state index contributed by atoms with van der Waals surface area (Å²) in [6.07, 6.45) is 4.36. The van der Waals surface area contributed by atoms with Crippen LogP contribution in [-0.4, -0.2) is 58.2 Å². The van der Waals surface area contributed by atoms with Crippen LogP contribution < -0.4 is 4.74 Å². The number of imidazole rings is 1. The number of rotatable bonds is 5. The number of hydrogen-bond donors (Lipinski definition) is 0. The molecule has 166 valence electrons. The lowest BCUT2D eigenvalue weighted by Gasteiger charge is -2.36. The van der Waals surface area contributed by atoms with Gasteiger partial charge in [0.1, 0.15) is 11.4 Å². The summed E-state index contributed by atoms with van der Waals surface area (Å²) in [5.74, 6) is 1.16. The molecule has 32 heavy (non-hydrogen) atoms. The summed E-state index contributed by atoms with van der Waals surface area (Å²) in [7, 11) is 3.34. The van der Waals surface area contributed by atoms with E-state index in [1.165, 1.54) is 0 Å². The van der Waals surface area contributed by atoms with Gasteiger partial charge in [0.15, 0.2) is 11.9 Å². The Morgan fingerprint density at radius 1 is 1.12 bits per heavy atom. The second-order valence-electron chi connectivity index (χ2n) is 7.95. The summed E-state index contributed by atoms with van der Waals surface area (Å²) in [5, 5.41) is 5.18. The van der Waals surface area contributed by atoms with Gasteiger partial charge >= 0.3 is 0 Å². The topological polar surface area (TPSA) is 74.0 Å². The number of nitrogens with zero attached hydrogens (tertiary/aromatic N) is 5. The molecule has 3 aromatic rings. The monoisotopic (exact) mass is 453 g/mol. The maximum absolute atomic E-state index is 6.07. The molecule has 0 amide bonds. The van der Waals surface area contributed by atoms with E-state index in [0.29, 0.717) is 29.0 Å². The average Bonchev–Trinajstić information content (AvgIpc) is 3.45. The number of ether oxygens (including phenoxy) is 2. The third kappa shape index (κ3) is 3.69. The first kappa shape index (κ1) is 20.8. The summed E-state index contributed by atoms with van der Waals surface area (Å²) in [5.41, 5.74) is 3.43. The van der Waals surface area contributed by atoms with Gasteiger partial charge in [-0.3, -0.25) is 0 Å². The fourth-order valence-electron chi connectivity index (χ4n) is 4.34. The summed E-state index contributed by atoms with van der Waals surface area (Å²) in [6, 6.07) is 11.6. The van der Waals surface area contributed by atoms with E-state index >= 15 is 0 Å². The molecule has 5 rings (SSSR count). The maximum atomic E-state index is 6.07. The number of aromatic nitrogens is 3. The standard InChI is InChI=1S/C23H24ClN5O3/c1-14-11-28(13-25-14)19-9-8-18(26-23(19)31-3)22-27-32-21(15-4-6-16(24)7-5-15)20-10-17(30-2)12-29(20)22/h4-9,11,13,17,20-21H,10,12H2,1-3H3/t17-,20+,21?/m1/s1. The molecule has 1 aromatic carbocycles. The van der Waals surface area contributed by atoms with E-state index in [2.05, 4.69) is 15.0 Å². The van der Waals surface area contributed by atoms with Crippen LogP contribution in [0, 0.1) is 6.92 Å². The Morgan fingerprint density at radius 2 is 1.94 bits per heavy atom. The van der Waals surface area contributed by atoms with Gasteiger partial charge in [-0.1, -0.05) is 28.9 Å². The number of pyridine rings is 1. The first-order valence-electron chi connectivity index (χ1n) is 10.4. The highest BCUT2D eigenvalue weighted by atomic mass is 35.5. The third-order valence-corrected chi connectivity index (χ3v) is 6.22. The van der Waals surface area contributed by atoms with Crippen molar-refractivity contribution in [3.63, 3.8) is 0 Å². The quantitative estimate of drug-likeness (QED) is 0.585. The second kappa shape index (κ2) is 8.44. The zero-order chi connectivity index (χ0) is 22.2. The average molecular weight is 454 g/mol. The van der Waals surface area contributed by atoms with Crippen molar-refractivity contribution >= 4 is 17.4 Å². The van der Waals surface area contributed by atoms with Gasteiger partial charge in [-0.15, -0.1) is 0 Å². The van der Waals surface area contributed by atoms with E-state index in [-0.39, 0.29) is 18.2 Å². The van der Waals surface area contributed by atoms with Gasteiger partial charge in [-0.2, -0.15) is 0 Å². The molecule has 0 saturated carbocycles. The molecular formula is C23H24ClN5O3. The van der Waals surface area contributed by atoms with Crippen molar-refractivity contribution in [1.82, 2.24) is 19.4 Å². The predicted molar refractivity (Wildman–Crippen MR) is 120 cm³/mol. The largest absolute Gasteiger partial charge is 0.479 e. The highest BCUT2D eigenvalue weighted by Crippen LogP contribution is 2.38. The van der Waals surface area contributed by atoms with Crippen LogP contribution in [0.2, 0.25) is 5.02 Å². The Labute approximate surface area is 191 Å². The van der Waals surface area contributed by atoms with E-state index in [1.54, 1.807) is 20.5 Å². The minimum atomic E-state index is -0.216. The van der Waals surface area contributed by atoms with Crippen molar-refractivity contribution in [2.24, 2.45) is 5.16 Å². The van der Waals surface area contributed by atoms with Crippen molar-refractivity contribution in [3.8, 4) is 11.6 Å². The first-order chi connectivity index (χ1) is 15.6. The first-order valence-corrected chi connectivity index (χ1v) is 10.8. The lowest BCUT2D eigenvalue weighted by Crippen LogP contribution is -2.44. The highest BCUT2D eigenvalue weighted by Gasteiger charge is 2.44. The minimum Gasteiger partial charge on any atom is -0.479 e. The maximum Gasteiger partial charge on any atom is 0.238 e. The van der Waals surface area contributed by atoms with Crippen molar-refractivity contribution in [3.05, 3.63) is 70.9 Å². The third-order valence-electron chi connectivity index (χ3n) is 5.96. The van der Waals surface area contributed by atoms with Crippen LogP contribution in [0.5, 0.6) is 5.88 Å². The normalized spacial score (nSPS) is 22.3. The molecule has 4 heterocycles. The van der Waals surface area contributed by atoms with Gasteiger partial charge in [-0.05, 0) is 43.2 Å². The Balaban J connectivity index is 1.51. The van der Waals surface area contributed by atoms with Crippen LogP contribution in [0.25, 0.3) is 5.69 Å². The van der Waals surface area contributed by atoms with E-state index in [4.69, 9.17) is 30.9 Å². The van der Waals surface area contributed by atoms with E-state index in [0.717, 1.165) is 23.4 Å². The van der Waals surface area contributed by atoms with Gasteiger partial charge in [0.2, 0.25) is 5.88 Å². The molecule has 0 spiro atoms. The smallest absolute Gasteiger partial charge is 0.238 e. The molecular weight excluding hydrogens is 430 g/mol. The molecule has 0 bridgehead atoms. The Morgan fingerprint density at radius 3 is 2.62 bits per heavy atom. The van der Waals surface area contributed by atoms with Crippen LogP contribution >= 0.6 is 11.6 Å². The Bertz CT molecular complexity index is 1150. The fourth-order valence-corrected chi connectivity index (χ4v) is 4.47. The molecule has 1 unspecified atom stereocenters. The van der Waals surface area contributed by atoms with Crippen LogP contribution in [0.1, 0.15) is 29.5 Å². The molecule has 9 heteroatoms.